The molecule has 0 amide bonds. The summed E-state index contributed by atoms with van der Waals surface area (Å²) in [7, 11) is 1.80. The first-order chi connectivity index (χ1) is 15.3. The summed E-state index contributed by atoms with van der Waals surface area (Å²) in [5.41, 5.74) is 4.57. The highest BCUT2D eigenvalue weighted by molar-refractivity contribution is 7.22. The molecule has 6 nitrogen and oxygen atoms in total. The molecular weight excluding hydrogens is 406 g/mol. The zero-order valence-corrected chi connectivity index (χ0v) is 18.3. The monoisotopic (exact) mass is 431 g/mol. The van der Waals surface area contributed by atoms with Gasteiger partial charge in [0.25, 0.3) is 0 Å². The molecule has 1 aromatic carbocycles. The van der Waals surface area contributed by atoms with Gasteiger partial charge in [-0.15, -0.1) is 0 Å². The lowest BCUT2D eigenvalue weighted by Gasteiger charge is -2.16. The molecule has 2 aliphatic heterocycles. The van der Waals surface area contributed by atoms with Crippen molar-refractivity contribution in [1.82, 2.24) is 14.9 Å². The fourth-order valence-electron chi connectivity index (χ4n) is 4.00. The van der Waals surface area contributed by atoms with Gasteiger partial charge in [0.05, 0.1) is 22.9 Å². The molecule has 0 radical (unpaired) electrons. The van der Waals surface area contributed by atoms with Crippen molar-refractivity contribution in [1.29, 1.82) is 0 Å². The van der Waals surface area contributed by atoms with E-state index in [1.807, 2.05) is 24.5 Å². The first-order valence-corrected chi connectivity index (χ1v) is 11.3. The van der Waals surface area contributed by atoms with Gasteiger partial charge >= 0.3 is 0 Å². The highest BCUT2D eigenvalue weighted by Crippen LogP contribution is 2.30. The molecule has 1 atom stereocenters. The Labute approximate surface area is 186 Å². The third-order valence-electron chi connectivity index (χ3n) is 5.63. The molecule has 3 aromatic rings. The quantitative estimate of drug-likeness (QED) is 0.649. The average molecular weight is 432 g/mol. The summed E-state index contributed by atoms with van der Waals surface area (Å²) in [5.74, 6) is 0.857. The van der Waals surface area contributed by atoms with Crippen LogP contribution >= 0.6 is 11.3 Å². The van der Waals surface area contributed by atoms with Gasteiger partial charge in [0.1, 0.15) is 5.84 Å². The average Bonchev–Trinajstić information content (AvgIpc) is 3.35. The van der Waals surface area contributed by atoms with E-state index in [1.54, 1.807) is 18.4 Å². The van der Waals surface area contributed by atoms with Crippen LogP contribution in [0.1, 0.15) is 6.42 Å². The molecule has 2 aromatic heterocycles. The topological polar surface area (TPSA) is 62.6 Å². The molecule has 2 aliphatic rings. The lowest BCUT2D eigenvalue weighted by Crippen LogP contribution is -2.25. The molecule has 1 saturated heterocycles. The number of pyridine rings is 1. The van der Waals surface area contributed by atoms with Crippen LogP contribution < -0.4 is 5.32 Å². The van der Waals surface area contributed by atoms with Crippen LogP contribution in [0, 0.1) is 0 Å². The molecule has 1 N–H and O–H groups in total. The summed E-state index contributed by atoms with van der Waals surface area (Å²) in [6.45, 7) is 3.63. The van der Waals surface area contributed by atoms with Gasteiger partial charge in [-0.3, -0.25) is 14.9 Å². The van der Waals surface area contributed by atoms with Crippen molar-refractivity contribution in [3.8, 4) is 11.1 Å². The first kappa shape index (κ1) is 20.1. The number of thiazole rings is 1. The van der Waals surface area contributed by atoms with E-state index in [-0.39, 0.29) is 0 Å². The predicted octanol–water partition coefficient (Wildman–Crippen LogP) is 4.39. The maximum atomic E-state index is 5.50. The van der Waals surface area contributed by atoms with Crippen LogP contribution in [-0.4, -0.2) is 60.1 Å². The number of amidine groups is 1. The van der Waals surface area contributed by atoms with Crippen molar-refractivity contribution < 1.29 is 4.74 Å². The Balaban J connectivity index is 1.32. The lowest BCUT2D eigenvalue weighted by molar-refractivity contribution is 0.109. The van der Waals surface area contributed by atoms with E-state index in [1.165, 1.54) is 11.1 Å². The number of ether oxygens (including phenoxy) is 1. The number of aromatic nitrogens is 2. The SMILES string of the molecule is COC1CCN(CC2=CC(Nc3nc4ccc(-c5ccncc5)cc4s3)=NCC=C2)C1. The number of hydrogen-bond acceptors (Lipinski definition) is 7. The number of nitrogens with one attached hydrogen (secondary N) is 1. The van der Waals surface area contributed by atoms with Crippen LogP contribution in [0.3, 0.4) is 0 Å². The summed E-state index contributed by atoms with van der Waals surface area (Å²) < 4.78 is 6.64. The Morgan fingerprint density at radius 1 is 1.19 bits per heavy atom. The van der Waals surface area contributed by atoms with E-state index in [4.69, 9.17) is 9.72 Å². The Morgan fingerprint density at radius 2 is 2.10 bits per heavy atom. The van der Waals surface area contributed by atoms with E-state index >= 15 is 0 Å². The number of hydrogen-bond donors (Lipinski definition) is 1. The normalized spacial score (nSPS) is 19.3. The molecule has 0 aliphatic carbocycles. The zero-order chi connectivity index (χ0) is 21.0. The van der Waals surface area contributed by atoms with Crippen LogP contribution in [0.15, 0.2) is 71.5 Å². The second-order valence-corrected chi connectivity index (χ2v) is 8.82. The van der Waals surface area contributed by atoms with E-state index < -0.39 is 0 Å². The van der Waals surface area contributed by atoms with Crippen molar-refractivity contribution >= 4 is 32.5 Å². The van der Waals surface area contributed by atoms with Gasteiger partial charge in [0, 0.05) is 39.1 Å². The van der Waals surface area contributed by atoms with E-state index in [0.717, 1.165) is 52.8 Å². The third kappa shape index (κ3) is 4.74. The molecule has 7 heteroatoms. The van der Waals surface area contributed by atoms with Crippen LogP contribution in [0.25, 0.3) is 21.3 Å². The Hall–Kier alpha value is -2.87. The molecule has 1 fully saturated rings. The first-order valence-electron chi connectivity index (χ1n) is 10.5. The van der Waals surface area contributed by atoms with Gasteiger partial charge in [0.2, 0.25) is 0 Å². The number of fused-ring (bicyclic) bond motifs is 1. The van der Waals surface area contributed by atoms with Gasteiger partial charge < -0.3 is 10.1 Å². The Bertz CT molecular complexity index is 1150. The number of benzene rings is 1. The lowest BCUT2D eigenvalue weighted by atomic mass is 10.1. The molecule has 31 heavy (non-hydrogen) atoms. The van der Waals surface area contributed by atoms with Gasteiger partial charge in [-0.05, 0) is 53.5 Å². The van der Waals surface area contributed by atoms with Gasteiger partial charge in [-0.1, -0.05) is 29.6 Å². The Kier molecular flexibility index (Phi) is 5.88. The van der Waals surface area contributed by atoms with Gasteiger partial charge in [-0.25, -0.2) is 4.98 Å². The molecule has 158 valence electrons. The largest absolute Gasteiger partial charge is 0.380 e. The zero-order valence-electron chi connectivity index (χ0n) is 17.5. The maximum absolute atomic E-state index is 5.50. The molecule has 4 heterocycles. The fourth-order valence-corrected chi connectivity index (χ4v) is 4.91. The van der Waals surface area contributed by atoms with Crippen molar-refractivity contribution in [2.45, 2.75) is 12.5 Å². The van der Waals surface area contributed by atoms with Crippen molar-refractivity contribution in [3.05, 3.63) is 66.5 Å². The number of likely N-dealkylation sites (tertiary alicyclic amines) is 1. The number of methoxy groups -OCH3 is 1. The predicted molar refractivity (Wildman–Crippen MR) is 128 cm³/mol. The van der Waals surface area contributed by atoms with Gasteiger partial charge in [0.15, 0.2) is 5.13 Å². The molecule has 0 saturated carbocycles. The number of nitrogens with zero attached hydrogens (tertiary/aromatic N) is 4. The highest BCUT2D eigenvalue weighted by Gasteiger charge is 2.22. The van der Waals surface area contributed by atoms with Crippen LogP contribution in [0.4, 0.5) is 5.13 Å². The standard InChI is InChI=1S/C24H25N5OS/c1-30-20-8-12-29(16-20)15-17-3-2-9-26-23(13-17)28-24-27-21-5-4-19(14-22(21)31-24)18-6-10-25-11-7-18/h2-7,10-11,13-14,20H,8-9,12,15-16H2,1H3,(H,26,27,28). The highest BCUT2D eigenvalue weighted by atomic mass is 32.1. The minimum absolute atomic E-state index is 0.349. The summed E-state index contributed by atoms with van der Waals surface area (Å²) in [5, 5.41) is 4.29. The van der Waals surface area contributed by atoms with E-state index in [0.29, 0.717) is 12.6 Å². The Morgan fingerprint density at radius 3 is 2.94 bits per heavy atom. The summed E-state index contributed by atoms with van der Waals surface area (Å²) >= 11 is 1.65. The van der Waals surface area contributed by atoms with Crippen molar-refractivity contribution in [3.63, 3.8) is 0 Å². The second kappa shape index (κ2) is 9.09. The molecule has 5 rings (SSSR count). The number of rotatable bonds is 5. The summed E-state index contributed by atoms with van der Waals surface area (Å²) in [4.78, 5) is 16.0. The minimum Gasteiger partial charge on any atom is -0.380 e. The van der Waals surface area contributed by atoms with Crippen LogP contribution in [-0.2, 0) is 4.74 Å². The molecule has 0 bridgehead atoms. The van der Waals surface area contributed by atoms with Crippen LogP contribution in [0.2, 0.25) is 0 Å². The second-order valence-electron chi connectivity index (χ2n) is 7.79. The maximum Gasteiger partial charge on any atom is 0.189 e. The third-order valence-corrected chi connectivity index (χ3v) is 6.56. The van der Waals surface area contributed by atoms with E-state index in [9.17, 15) is 0 Å². The molecule has 1 unspecified atom stereocenters. The smallest absolute Gasteiger partial charge is 0.189 e. The molecule has 0 spiro atoms. The van der Waals surface area contributed by atoms with Crippen LogP contribution in [0.5, 0.6) is 0 Å². The minimum atomic E-state index is 0.349. The summed E-state index contributed by atoms with van der Waals surface area (Å²) in [6, 6.07) is 10.4. The van der Waals surface area contributed by atoms with E-state index in [2.05, 4.69) is 56.6 Å². The van der Waals surface area contributed by atoms with Crippen molar-refractivity contribution in [2.24, 2.45) is 4.99 Å². The fraction of sp³-hybridized carbons (Fsp3) is 0.292. The van der Waals surface area contributed by atoms with Crippen molar-refractivity contribution in [2.75, 3.05) is 38.6 Å². The summed E-state index contributed by atoms with van der Waals surface area (Å²) in [6.07, 6.45) is 11.5. The molecular formula is C24H25N5OS. The number of aliphatic imine (C=N–C) groups is 1. The van der Waals surface area contributed by atoms with Gasteiger partial charge in [-0.2, -0.15) is 0 Å². The number of anilines is 1.